The Morgan fingerprint density at radius 2 is 2.10 bits per heavy atom. The summed E-state index contributed by atoms with van der Waals surface area (Å²) in [5.74, 6) is 0.0484. The number of carbonyl (C=O) groups is 2. The van der Waals surface area contributed by atoms with Gasteiger partial charge in [-0.05, 0) is 54.4 Å². The summed E-state index contributed by atoms with van der Waals surface area (Å²) in [6, 6.07) is 7.11. The van der Waals surface area contributed by atoms with Gasteiger partial charge in [-0.2, -0.15) is 0 Å². The van der Waals surface area contributed by atoms with Crippen LogP contribution in [0.4, 0.5) is 5.69 Å². The van der Waals surface area contributed by atoms with E-state index in [-0.39, 0.29) is 11.7 Å². The molecule has 1 amide bonds. The monoisotopic (exact) mass is 299 g/mol. The normalized spacial score (nSPS) is 15.0. The van der Waals surface area contributed by atoms with Crippen molar-refractivity contribution >= 4 is 35.0 Å². The minimum atomic E-state index is -0.0951. The highest BCUT2D eigenvalue weighted by atomic mass is 32.1. The maximum Gasteiger partial charge on any atom is 0.227 e. The van der Waals surface area contributed by atoms with Crippen molar-refractivity contribution in [3.63, 3.8) is 0 Å². The second-order valence-corrected chi connectivity index (χ2v) is 5.33. The Morgan fingerprint density at radius 1 is 1.29 bits per heavy atom. The van der Waals surface area contributed by atoms with Crippen LogP contribution in [0, 0.1) is 0 Å². The largest absolute Gasteiger partial charge is 0.312 e. The third-order valence-electron chi connectivity index (χ3n) is 3.32. The zero-order valence-corrected chi connectivity index (χ0v) is 12.0. The number of benzene rings is 1. The van der Waals surface area contributed by atoms with Gasteiger partial charge in [0.05, 0.1) is 5.69 Å². The van der Waals surface area contributed by atoms with Crippen molar-refractivity contribution in [1.82, 2.24) is 9.59 Å². The quantitative estimate of drug-likeness (QED) is 0.643. The molecule has 6 heteroatoms. The average molecular weight is 299 g/mol. The van der Waals surface area contributed by atoms with E-state index < -0.39 is 0 Å². The molecule has 1 fully saturated rings. The second kappa shape index (κ2) is 5.97. The van der Waals surface area contributed by atoms with E-state index in [4.69, 9.17) is 0 Å². The Labute approximate surface area is 126 Å². The minimum Gasteiger partial charge on any atom is -0.312 e. The van der Waals surface area contributed by atoms with Crippen LogP contribution in [-0.2, 0) is 4.79 Å². The molecular formula is C15H13N3O2S. The van der Waals surface area contributed by atoms with Crippen LogP contribution in [0.25, 0.3) is 6.08 Å². The molecule has 21 heavy (non-hydrogen) atoms. The molecule has 5 nitrogen and oxygen atoms in total. The summed E-state index contributed by atoms with van der Waals surface area (Å²) in [7, 11) is 0. The molecule has 0 saturated carbocycles. The molecule has 1 aliphatic heterocycles. The van der Waals surface area contributed by atoms with Crippen LogP contribution in [0.1, 0.15) is 28.9 Å². The highest BCUT2D eigenvalue weighted by Gasteiger charge is 2.21. The van der Waals surface area contributed by atoms with Gasteiger partial charge in [0.1, 0.15) is 0 Å². The van der Waals surface area contributed by atoms with Gasteiger partial charge in [-0.3, -0.25) is 9.59 Å². The van der Waals surface area contributed by atoms with Crippen molar-refractivity contribution in [3.8, 4) is 0 Å². The van der Waals surface area contributed by atoms with Gasteiger partial charge in [-0.1, -0.05) is 4.49 Å². The molecule has 0 unspecified atom stereocenters. The van der Waals surface area contributed by atoms with E-state index in [1.807, 2.05) is 12.1 Å². The topological polar surface area (TPSA) is 63.2 Å². The molecule has 0 atom stereocenters. The zero-order valence-electron chi connectivity index (χ0n) is 11.2. The van der Waals surface area contributed by atoms with Crippen LogP contribution >= 0.6 is 11.5 Å². The van der Waals surface area contributed by atoms with Gasteiger partial charge in [0.2, 0.25) is 5.91 Å². The van der Waals surface area contributed by atoms with Crippen molar-refractivity contribution in [1.29, 1.82) is 0 Å². The summed E-state index contributed by atoms with van der Waals surface area (Å²) in [5.41, 5.74) is 2.11. The zero-order chi connectivity index (χ0) is 14.7. The number of aromatic nitrogens is 2. The predicted molar refractivity (Wildman–Crippen MR) is 81.3 cm³/mol. The van der Waals surface area contributed by atoms with E-state index >= 15 is 0 Å². The first-order chi connectivity index (χ1) is 10.2. The summed E-state index contributed by atoms with van der Waals surface area (Å²) < 4.78 is 3.73. The smallest absolute Gasteiger partial charge is 0.227 e. The predicted octanol–water partition coefficient (Wildman–Crippen LogP) is 2.56. The van der Waals surface area contributed by atoms with Gasteiger partial charge in [0.15, 0.2) is 5.78 Å². The Morgan fingerprint density at radius 3 is 2.71 bits per heavy atom. The third kappa shape index (κ3) is 3.05. The van der Waals surface area contributed by atoms with Gasteiger partial charge in [-0.15, -0.1) is 5.10 Å². The SMILES string of the molecule is O=C(/C=C\c1csnn1)c1ccc(N2CCCC2=O)cc1. The Balaban J connectivity index is 1.71. The minimum absolute atomic E-state index is 0.0951. The summed E-state index contributed by atoms with van der Waals surface area (Å²) in [6.45, 7) is 0.753. The van der Waals surface area contributed by atoms with E-state index in [0.29, 0.717) is 17.7 Å². The molecule has 1 aliphatic rings. The van der Waals surface area contributed by atoms with Gasteiger partial charge < -0.3 is 4.90 Å². The second-order valence-electron chi connectivity index (χ2n) is 4.72. The van der Waals surface area contributed by atoms with Crippen molar-refractivity contribution in [2.24, 2.45) is 0 Å². The van der Waals surface area contributed by atoms with Crippen molar-refractivity contribution in [2.45, 2.75) is 12.8 Å². The number of hydrogen-bond acceptors (Lipinski definition) is 5. The molecule has 2 aromatic rings. The summed E-state index contributed by atoms with van der Waals surface area (Å²) >= 11 is 1.24. The first-order valence-corrected chi connectivity index (χ1v) is 7.47. The lowest BCUT2D eigenvalue weighted by atomic mass is 10.1. The Kier molecular flexibility index (Phi) is 3.87. The van der Waals surface area contributed by atoms with E-state index in [1.54, 1.807) is 28.5 Å². The lowest BCUT2D eigenvalue weighted by molar-refractivity contribution is -0.117. The highest BCUT2D eigenvalue weighted by Crippen LogP contribution is 2.21. The van der Waals surface area contributed by atoms with Gasteiger partial charge >= 0.3 is 0 Å². The number of rotatable bonds is 4. The number of nitrogens with zero attached hydrogens (tertiary/aromatic N) is 3. The van der Waals surface area contributed by atoms with Crippen LogP contribution in [-0.4, -0.2) is 27.8 Å². The summed E-state index contributed by atoms with van der Waals surface area (Å²) in [5, 5.41) is 5.61. The van der Waals surface area contributed by atoms with E-state index in [0.717, 1.165) is 18.7 Å². The van der Waals surface area contributed by atoms with E-state index in [9.17, 15) is 9.59 Å². The molecule has 1 aromatic carbocycles. The number of carbonyl (C=O) groups excluding carboxylic acids is 2. The lowest BCUT2D eigenvalue weighted by Crippen LogP contribution is -2.23. The standard InChI is InChI=1S/C15H13N3O2S/c19-14(8-5-12-10-21-17-16-12)11-3-6-13(7-4-11)18-9-1-2-15(18)20/h3-8,10H,1-2,9H2/b8-5-. The Hall–Kier alpha value is -2.34. The average Bonchev–Trinajstić information content (AvgIpc) is 3.16. The molecular weight excluding hydrogens is 286 g/mol. The Bertz CT molecular complexity index is 677. The van der Waals surface area contributed by atoms with E-state index in [2.05, 4.69) is 9.59 Å². The number of hydrogen-bond donors (Lipinski definition) is 0. The van der Waals surface area contributed by atoms with Crippen molar-refractivity contribution in [3.05, 3.63) is 47.0 Å². The molecule has 1 saturated heterocycles. The molecule has 0 spiro atoms. The fourth-order valence-electron chi connectivity index (χ4n) is 2.23. The third-order valence-corrected chi connectivity index (χ3v) is 3.84. The summed E-state index contributed by atoms with van der Waals surface area (Å²) in [6.07, 6.45) is 4.62. The molecule has 1 aromatic heterocycles. The van der Waals surface area contributed by atoms with Crippen LogP contribution < -0.4 is 4.90 Å². The molecule has 0 N–H and O–H groups in total. The summed E-state index contributed by atoms with van der Waals surface area (Å²) in [4.78, 5) is 25.4. The maximum absolute atomic E-state index is 12.0. The van der Waals surface area contributed by atoms with Crippen LogP contribution in [0.3, 0.4) is 0 Å². The number of anilines is 1. The number of ketones is 1. The van der Waals surface area contributed by atoms with Gasteiger partial charge in [-0.25, -0.2) is 0 Å². The maximum atomic E-state index is 12.0. The molecule has 0 radical (unpaired) electrons. The van der Waals surface area contributed by atoms with Gasteiger partial charge in [0, 0.05) is 29.6 Å². The first-order valence-electron chi connectivity index (χ1n) is 6.64. The van der Waals surface area contributed by atoms with Crippen LogP contribution in [0.2, 0.25) is 0 Å². The van der Waals surface area contributed by atoms with E-state index in [1.165, 1.54) is 17.6 Å². The molecule has 2 heterocycles. The van der Waals surface area contributed by atoms with Crippen LogP contribution in [0.5, 0.6) is 0 Å². The van der Waals surface area contributed by atoms with Gasteiger partial charge in [0.25, 0.3) is 0 Å². The molecule has 106 valence electrons. The van der Waals surface area contributed by atoms with Crippen LogP contribution in [0.15, 0.2) is 35.7 Å². The fraction of sp³-hybridized carbons (Fsp3) is 0.200. The first kappa shape index (κ1) is 13.6. The number of allylic oxidation sites excluding steroid dienone is 1. The molecule has 3 rings (SSSR count). The molecule has 0 aliphatic carbocycles. The van der Waals surface area contributed by atoms with Crippen molar-refractivity contribution < 1.29 is 9.59 Å². The van der Waals surface area contributed by atoms with Crippen molar-refractivity contribution in [2.75, 3.05) is 11.4 Å². The highest BCUT2D eigenvalue weighted by molar-refractivity contribution is 7.03. The fourth-order valence-corrected chi connectivity index (χ4v) is 2.65. The molecule has 0 bridgehead atoms. The number of amides is 1. The lowest BCUT2D eigenvalue weighted by Gasteiger charge is -2.15.